The Balaban J connectivity index is 1.49. The third-order valence-corrected chi connectivity index (χ3v) is 4.43. The number of hydrogen-bond donors (Lipinski definition) is 1. The van der Waals surface area contributed by atoms with E-state index in [1.54, 1.807) is 49.5 Å². The molecule has 0 saturated carbocycles. The van der Waals surface area contributed by atoms with E-state index < -0.39 is 24.3 Å². The highest BCUT2D eigenvalue weighted by Gasteiger charge is 2.12. The van der Waals surface area contributed by atoms with Gasteiger partial charge in [-0.3, -0.25) is 19.0 Å². The molecular formula is C21H20FN3O4. The van der Waals surface area contributed by atoms with E-state index in [9.17, 15) is 18.8 Å². The van der Waals surface area contributed by atoms with Gasteiger partial charge in [-0.2, -0.15) is 0 Å². The van der Waals surface area contributed by atoms with Gasteiger partial charge in [0, 0.05) is 25.6 Å². The van der Waals surface area contributed by atoms with Crippen LogP contribution < -0.4 is 10.9 Å². The fourth-order valence-corrected chi connectivity index (χ4v) is 2.81. The lowest BCUT2D eigenvalue weighted by molar-refractivity contribution is -0.148. The number of carbonyl (C=O) groups excluding carboxylic acids is 2. The fraction of sp³-hybridized carbons (Fsp3) is 0.238. The largest absolute Gasteiger partial charge is 0.456 e. The van der Waals surface area contributed by atoms with E-state index >= 15 is 0 Å². The minimum absolute atomic E-state index is 0.00613. The molecule has 3 aromatic rings. The van der Waals surface area contributed by atoms with Crippen LogP contribution in [0.3, 0.4) is 0 Å². The molecule has 8 heteroatoms. The predicted molar refractivity (Wildman–Crippen MR) is 105 cm³/mol. The van der Waals surface area contributed by atoms with Crippen molar-refractivity contribution in [1.29, 1.82) is 0 Å². The molecule has 1 amide bonds. The van der Waals surface area contributed by atoms with E-state index in [-0.39, 0.29) is 24.9 Å². The molecule has 0 unspecified atom stereocenters. The number of ether oxygens (including phenoxy) is 1. The van der Waals surface area contributed by atoms with Crippen LogP contribution in [0.4, 0.5) is 4.39 Å². The SMILES string of the molecule is Cn1c(CCC(=O)OCC(=O)NCc2ccccc2F)nc2ccccc2c1=O. The molecule has 0 aliphatic carbocycles. The number of benzene rings is 2. The average Bonchev–Trinajstić information content (AvgIpc) is 2.73. The molecule has 7 nitrogen and oxygen atoms in total. The molecule has 3 rings (SSSR count). The first-order valence-corrected chi connectivity index (χ1v) is 9.06. The van der Waals surface area contributed by atoms with E-state index in [0.717, 1.165) is 0 Å². The molecule has 0 aliphatic rings. The maximum Gasteiger partial charge on any atom is 0.306 e. The van der Waals surface area contributed by atoms with E-state index in [4.69, 9.17) is 4.74 Å². The van der Waals surface area contributed by atoms with Gasteiger partial charge in [0.25, 0.3) is 11.5 Å². The summed E-state index contributed by atoms with van der Waals surface area (Å²) in [4.78, 5) is 40.5. The van der Waals surface area contributed by atoms with E-state index in [1.165, 1.54) is 10.6 Å². The van der Waals surface area contributed by atoms with Gasteiger partial charge < -0.3 is 10.1 Å². The Hall–Kier alpha value is -3.55. The summed E-state index contributed by atoms with van der Waals surface area (Å²) < 4.78 is 19.8. The first kappa shape index (κ1) is 20.2. The van der Waals surface area contributed by atoms with Gasteiger partial charge in [0.05, 0.1) is 17.3 Å². The van der Waals surface area contributed by atoms with Crippen molar-refractivity contribution >= 4 is 22.8 Å². The number of aryl methyl sites for hydroxylation is 1. The molecule has 1 aromatic heterocycles. The molecule has 29 heavy (non-hydrogen) atoms. The summed E-state index contributed by atoms with van der Waals surface area (Å²) in [6.45, 7) is -0.455. The van der Waals surface area contributed by atoms with Crippen LogP contribution in [0.25, 0.3) is 10.9 Å². The molecular weight excluding hydrogens is 377 g/mol. The third-order valence-electron chi connectivity index (χ3n) is 4.43. The number of nitrogens with zero attached hydrogens (tertiary/aromatic N) is 2. The Morgan fingerprint density at radius 3 is 2.66 bits per heavy atom. The normalized spacial score (nSPS) is 10.7. The Kier molecular flexibility index (Phi) is 6.33. The zero-order valence-electron chi connectivity index (χ0n) is 15.9. The van der Waals surface area contributed by atoms with Crippen LogP contribution in [-0.2, 0) is 34.3 Å². The highest BCUT2D eigenvalue weighted by Crippen LogP contribution is 2.09. The average molecular weight is 397 g/mol. The molecule has 150 valence electrons. The van der Waals surface area contributed by atoms with Crippen molar-refractivity contribution in [1.82, 2.24) is 14.9 Å². The first-order valence-electron chi connectivity index (χ1n) is 9.06. The van der Waals surface area contributed by atoms with Gasteiger partial charge in [0.2, 0.25) is 0 Å². The summed E-state index contributed by atoms with van der Waals surface area (Å²) in [7, 11) is 1.60. The topological polar surface area (TPSA) is 90.3 Å². The van der Waals surface area contributed by atoms with Crippen molar-refractivity contribution in [3.8, 4) is 0 Å². The highest BCUT2D eigenvalue weighted by atomic mass is 19.1. The number of esters is 1. The maximum absolute atomic E-state index is 13.5. The zero-order chi connectivity index (χ0) is 20.8. The summed E-state index contributed by atoms with van der Waals surface area (Å²) in [6, 6.07) is 13.1. The Bertz CT molecular complexity index is 1110. The molecule has 1 heterocycles. The van der Waals surface area contributed by atoms with Crippen LogP contribution in [0, 0.1) is 5.82 Å². The van der Waals surface area contributed by atoms with Gasteiger partial charge in [-0.05, 0) is 18.2 Å². The van der Waals surface area contributed by atoms with Crippen molar-refractivity contribution < 1.29 is 18.7 Å². The smallest absolute Gasteiger partial charge is 0.306 e. The van der Waals surface area contributed by atoms with Gasteiger partial charge in [0.15, 0.2) is 6.61 Å². The molecule has 0 aliphatic heterocycles. The van der Waals surface area contributed by atoms with Gasteiger partial charge in [-0.25, -0.2) is 9.37 Å². The van der Waals surface area contributed by atoms with Gasteiger partial charge in [-0.15, -0.1) is 0 Å². The number of amides is 1. The van der Waals surface area contributed by atoms with Gasteiger partial charge >= 0.3 is 5.97 Å². The monoisotopic (exact) mass is 397 g/mol. The number of halogens is 1. The number of rotatable bonds is 7. The number of carbonyl (C=O) groups is 2. The number of aromatic nitrogens is 2. The molecule has 0 fully saturated rings. The second-order valence-corrected chi connectivity index (χ2v) is 6.44. The van der Waals surface area contributed by atoms with Crippen molar-refractivity contribution in [3.05, 3.63) is 76.1 Å². The van der Waals surface area contributed by atoms with Gasteiger partial charge in [0.1, 0.15) is 11.6 Å². The lowest BCUT2D eigenvalue weighted by atomic mass is 10.2. The standard InChI is InChI=1S/C21H20FN3O4/c1-25-18(24-17-9-5-3-7-15(17)21(25)28)10-11-20(27)29-13-19(26)23-12-14-6-2-4-8-16(14)22/h2-9H,10-13H2,1H3,(H,23,26). The lowest BCUT2D eigenvalue weighted by Crippen LogP contribution is -2.29. The molecule has 1 N–H and O–H groups in total. The van der Waals surface area contributed by atoms with E-state index in [2.05, 4.69) is 10.3 Å². The molecule has 2 aromatic carbocycles. The Morgan fingerprint density at radius 1 is 1.14 bits per heavy atom. The quantitative estimate of drug-likeness (QED) is 0.615. The number of nitrogens with one attached hydrogen (secondary N) is 1. The molecule has 0 spiro atoms. The van der Waals surface area contributed by atoms with Gasteiger partial charge in [-0.1, -0.05) is 30.3 Å². The van der Waals surface area contributed by atoms with Crippen molar-refractivity contribution in [2.75, 3.05) is 6.61 Å². The Morgan fingerprint density at radius 2 is 1.86 bits per heavy atom. The predicted octanol–water partition coefficient (Wildman–Crippen LogP) is 1.86. The number of hydrogen-bond acceptors (Lipinski definition) is 5. The second-order valence-electron chi connectivity index (χ2n) is 6.44. The van der Waals surface area contributed by atoms with Crippen LogP contribution in [0.1, 0.15) is 17.8 Å². The fourth-order valence-electron chi connectivity index (χ4n) is 2.81. The summed E-state index contributed by atoms with van der Waals surface area (Å²) in [5, 5.41) is 3.00. The highest BCUT2D eigenvalue weighted by molar-refractivity contribution is 5.80. The van der Waals surface area contributed by atoms with Crippen LogP contribution in [0.15, 0.2) is 53.3 Å². The van der Waals surface area contributed by atoms with Crippen LogP contribution >= 0.6 is 0 Å². The van der Waals surface area contributed by atoms with E-state index in [0.29, 0.717) is 22.3 Å². The van der Waals surface area contributed by atoms with Crippen LogP contribution in [0.2, 0.25) is 0 Å². The van der Waals surface area contributed by atoms with Crippen LogP contribution in [-0.4, -0.2) is 28.0 Å². The van der Waals surface area contributed by atoms with E-state index in [1.807, 2.05) is 0 Å². The zero-order valence-corrected chi connectivity index (χ0v) is 15.9. The second kappa shape index (κ2) is 9.09. The minimum Gasteiger partial charge on any atom is -0.456 e. The number of para-hydroxylation sites is 1. The lowest BCUT2D eigenvalue weighted by Gasteiger charge is -2.09. The summed E-state index contributed by atoms with van der Waals surface area (Å²) in [5.41, 5.74) is 0.716. The minimum atomic E-state index is -0.589. The summed E-state index contributed by atoms with van der Waals surface area (Å²) in [5.74, 6) is -1.08. The third kappa shape index (κ3) is 5.04. The summed E-state index contributed by atoms with van der Waals surface area (Å²) in [6.07, 6.45) is 0.172. The number of fused-ring (bicyclic) bond motifs is 1. The van der Waals surface area contributed by atoms with Crippen LogP contribution in [0.5, 0.6) is 0 Å². The van der Waals surface area contributed by atoms with Crippen molar-refractivity contribution in [2.24, 2.45) is 7.05 Å². The molecule has 0 bridgehead atoms. The van der Waals surface area contributed by atoms with Crippen molar-refractivity contribution in [2.45, 2.75) is 19.4 Å². The maximum atomic E-state index is 13.5. The van der Waals surface area contributed by atoms with Crippen molar-refractivity contribution in [3.63, 3.8) is 0 Å². The molecule has 0 saturated heterocycles. The summed E-state index contributed by atoms with van der Waals surface area (Å²) >= 11 is 0. The molecule has 0 atom stereocenters. The Labute approximate surface area is 166 Å². The first-order chi connectivity index (χ1) is 14.0. The molecule has 0 radical (unpaired) electrons.